The monoisotopic (exact) mass is 342 g/mol. The number of benzene rings is 1. The highest BCUT2D eigenvalue weighted by Gasteiger charge is 2.40. The highest BCUT2D eigenvalue weighted by atomic mass is 16.5. The Balaban J connectivity index is 1.68. The number of hydrogen-bond donors (Lipinski definition) is 0. The minimum absolute atomic E-state index is 0.0195. The second-order valence-electron chi connectivity index (χ2n) is 7.24. The van der Waals surface area contributed by atoms with Gasteiger partial charge in [-0.3, -0.25) is 4.79 Å². The van der Waals surface area contributed by atoms with Gasteiger partial charge < -0.3 is 19.0 Å². The molecular weight excluding hydrogens is 316 g/mol. The first-order valence-electron chi connectivity index (χ1n) is 9.21. The summed E-state index contributed by atoms with van der Waals surface area (Å²) in [6, 6.07) is 8.58. The Hall–Kier alpha value is -1.85. The summed E-state index contributed by atoms with van der Waals surface area (Å²) in [5, 5.41) is 0.974. The van der Waals surface area contributed by atoms with E-state index in [1.54, 1.807) is 7.11 Å². The number of carbonyl (C=O) groups excluding carboxylic acids is 1. The zero-order valence-corrected chi connectivity index (χ0v) is 15.0. The predicted molar refractivity (Wildman–Crippen MR) is 96.6 cm³/mol. The summed E-state index contributed by atoms with van der Waals surface area (Å²) < 4.78 is 11.3. The molecule has 0 N–H and O–H groups in total. The Kier molecular flexibility index (Phi) is 4.52. The van der Waals surface area contributed by atoms with E-state index >= 15 is 0 Å². The smallest absolute Gasteiger partial charge is 0.290 e. The molecule has 1 amide bonds. The third kappa shape index (κ3) is 2.85. The maximum Gasteiger partial charge on any atom is 0.290 e. The summed E-state index contributed by atoms with van der Waals surface area (Å²) in [7, 11) is 3.83. The Labute approximate surface area is 148 Å². The second kappa shape index (κ2) is 6.81. The van der Waals surface area contributed by atoms with Gasteiger partial charge in [-0.25, -0.2) is 0 Å². The van der Waals surface area contributed by atoms with E-state index in [4.69, 9.17) is 9.15 Å². The van der Waals surface area contributed by atoms with E-state index in [1.165, 1.54) is 12.8 Å². The van der Waals surface area contributed by atoms with Crippen molar-refractivity contribution in [2.45, 2.75) is 44.4 Å². The second-order valence-corrected chi connectivity index (χ2v) is 7.24. The highest BCUT2D eigenvalue weighted by molar-refractivity contribution is 5.99. The van der Waals surface area contributed by atoms with Gasteiger partial charge in [-0.15, -0.1) is 0 Å². The molecule has 25 heavy (non-hydrogen) atoms. The Morgan fingerprint density at radius 3 is 2.72 bits per heavy atom. The molecule has 2 fully saturated rings. The Morgan fingerprint density at radius 1 is 1.20 bits per heavy atom. The molecule has 1 aromatic carbocycles. The number of ether oxygens (including phenoxy) is 1. The van der Waals surface area contributed by atoms with Gasteiger partial charge in [0, 0.05) is 36.7 Å². The van der Waals surface area contributed by atoms with Crippen LogP contribution in [0.15, 0.2) is 28.7 Å². The van der Waals surface area contributed by atoms with Crippen LogP contribution in [0.4, 0.5) is 0 Å². The summed E-state index contributed by atoms with van der Waals surface area (Å²) in [6.45, 7) is 2.33. The average Bonchev–Trinajstić information content (AvgIpc) is 3.33. The molecular formula is C20H26N2O3. The Morgan fingerprint density at radius 2 is 1.96 bits per heavy atom. The van der Waals surface area contributed by atoms with Crippen LogP contribution in [0.3, 0.4) is 0 Å². The molecule has 2 aliphatic heterocycles. The summed E-state index contributed by atoms with van der Waals surface area (Å²) in [4.78, 5) is 17.8. The lowest BCUT2D eigenvalue weighted by atomic mass is 10.0. The van der Waals surface area contributed by atoms with Gasteiger partial charge in [0.2, 0.25) is 0 Å². The average molecular weight is 342 g/mol. The minimum Gasteiger partial charge on any atom is -0.451 e. The summed E-state index contributed by atoms with van der Waals surface area (Å²) in [5.74, 6) is 0.474. The van der Waals surface area contributed by atoms with Crippen molar-refractivity contribution in [3.05, 3.63) is 35.6 Å². The lowest BCUT2D eigenvalue weighted by Gasteiger charge is -2.33. The number of furan rings is 1. The van der Waals surface area contributed by atoms with E-state index < -0.39 is 0 Å². The van der Waals surface area contributed by atoms with E-state index in [2.05, 4.69) is 11.9 Å². The molecule has 2 saturated heterocycles. The van der Waals surface area contributed by atoms with Crippen molar-refractivity contribution in [2.75, 3.05) is 27.2 Å². The molecule has 3 heterocycles. The van der Waals surface area contributed by atoms with E-state index in [0.717, 1.165) is 42.5 Å². The number of rotatable bonds is 4. The minimum atomic E-state index is 0.0195. The standard InChI is InChI=1S/C20H26N2O3/c1-21-11-5-8-16(21)17-9-6-12-22(17)20(23)19-15(13-24-2)14-7-3-4-10-18(14)25-19/h3-4,7,10,16-17H,5-6,8-9,11-13H2,1-2H3/t16-,17+/m1/s1. The van der Waals surface area contributed by atoms with Crippen molar-refractivity contribution in [2.24, 2.45) is 0 Å². The first-order valence-corrected chi connectivity index (χ1v) is 9.21. The lowest BCUT2D eigenvalue weighted by Crippen LogP contribution is -2.47. The molecule has 1 aromatic heterocycles. The molecule has 0 unspecified atom stereocenters. The number of para-hydroxylation sites is 1. The molecule has 134 valence electrons. The van der Waals surface area contributed by atoms with Gasteiger partial charge in [0.15, 0.2) is 5.76 Å². The normalized spacial score (nSPS) is 24.5. The summed E-state index contributed by atoms with van der Waals surface area (Å²) in [6.07, 6.45) is 4.55. The van der Waals surface area contributed by atoms with Crippen LogP contribution >= 0.6 is 0 Å². The third-order valence-electron chi connectivity index (χ3n) is 5.76. The number of likely N-dealkylation sites (tertiary alicyclic amines) is 2. The highest BCUT2D eigenvalue weighted by Crippen LogP contribution is 2.33. The zero-order chi connectivity index (χ0) is 17.4. The molecule has 5 nitrogen and oxygen atoms in total. The van der Waals surface area contributed by atoms with Crippen molar-refractivity contribution in [3.8, 4) is 0 Å². The summed E-state index contributed by atoms with van der Waals surface area (Å²) in [5.41, 5.74) is 1.63. The molecule has 5 heteroatoms. The van der Waals surface area contributed by atoms with Gasteiger partial charge in [0.1, 0.15) is 5.58 Å². The third-order valence-corrected chi connectivity index (χ3v) is 5.76. The van der Waals surface area contributed by atoms with Crippen LogP contribution < -0.4 is 0 Å². The first-order chi connectivity index (χ1) is 12.2. The number of amides is 1. The van der Waals surface area contributed by atoms with Crippen LogP contribution in [-0.4, -0.2) is 55.0 Å². The van der Waals surface area contributed by atoms with Crippen LogP contribution in [0, 0.1) is 0 Å². The van der Waals surface area contributed by atoms with Crippen LogP contribution in [-0.2, 0) is 11.3 Å². The topological polar surface area (TPSA) is 45.9 Å². The molecule has 0 spiro atoms. The van der Waals surface area contributed by atoms with Crippen molar-refractivity contribution < 1.29 is 13.9 Å². The van der Waals surface area contributed by atoms with Crippen molar-refractivity contribution in [1.29, 1.82) is 0 Å². The molecule has 0 saturated carbocycles. The van der Waals surface area contributed by atoms with Gasteiger partial charge in [0.25, 0.3) is 5.91 Å². The van der Waals surface area contributed by atoms with Gasteiger partial charge in [-0.2, -0.15) is 0 Å². The number of carbonyl (C=O) groups is 1. The zero-order valence-electron chi connectivity index (χ0n) is 15.0. The predicted octanol–water partition coefficient (Wildman–Crippen LogP) is 3.28. The summed E-state index contributed by atoms with van der Waals surface area (Å²) >= 11 is 0. The van der Waals surface area contributed by atoms with Crippen LogP contribution in [0.25, 0.3) is 11.0 Å². The van der Waals surface area contributed by atoms with Gasteiger partial charge in [-0.1, -0.05) is 18.2 Å². The maximum absolute atomic E-state index is 13.3. The Bertz CT molecular complexity index is 769. The fourth-order valence-corrected chi connectivity index (χ4v) is 4.56. The molecule has 2 atom stereocenters. The van der Waals surface area contributed by atoms with Crippen molar-refractivity contribution in [3.63, 3.8) is 0 Å². The van der Waals surface area contributed by atoms with E-state index in [9.17, 15) is 4.79 Å². The van der Waals surface area contributed by atoms with Crippen LogP contribution in [0.5, 0.6) is 0 Å². The lowest BCUT2D eigenvalue weighted by molar-refractivity contribution is 0.0629. The van der Waals surface area contributed by atoms with Crippen molar-refractivity contribution >= 4 is 16.9 Å². The SMILES string of the molecule is COCc1c(C(=O)N2CCC[C@H]2[C@H]2CCCN2C)oc2ccccc12. The number of hydrogen-bond acceptors (Lipinski definition) is 4. The maximum atomic E-state index is 13.3. The number of nitrogens with zero attached hydrogens (tertiary/aromatic N) is 2. The van der Waals surface area contributed by atoms with Gasteiger partial charge >= 0.3 is 0 Å². The molecule has 2 aliphatic rings. The number of fused-ring (bicyclic) bond motifs is 1. The molecule has 0 aliphatic carbocycles. The number of likely N-dealkylation sites (N-methyl/N-ethyl adjacent to an activating group) is 1. The molecule has 4 rings (SSSR count). The molecule has 0 bridgehead atoms. The van der Waals surface area contributed by atoms with E-state index in [0.29, 0.717) is 24.5 Å². The fraction of sp³-hybridized carbons (Fsp3) is 0.550. The molecule has 2 aromatic rings. The quantitative estimate of drug-likeness (QED) is 0.855. The van der Waals surface area contributed by atoms with Gasteiger partial charge in [-0.05, 0) is 45.3 Å². The van der Waals surface area contributed by atoms with E-state index in [-0.39, 0.29) is 5.91 Å². The van der Waals surface area contributed by atoms with Crippen LogP contribution in [0.2, 0.25) is 0 Å². The van der Waals surface area contributed by atoms with Gasteiger partial charge in [0.05, 0.1) is 6.61 Å². The van der Waals surface area contributed by atoms with Crippen molar-refractivity contribution in [1.82, 2.24) is 9.80 Å². The fourth-order valence-electron chi connectivity index (χ4n) is 4.56. The van der Waals surface area contributed by atoms with Crippen LogP contribution in [0.1, 0.15) is 41.8 Å². The first kappa shape index (κ1) is 16.6. The molecule has 0 radical (unpaired) electrons. The number of methoxy groups -OCH3 is 1. The largest absolute Gasteiger partial charge is 0.451 e. The van der Waals surface area contributed by atoms with E-state index in [1.807, 2.05) is 29.2 Å².